The number of ether oxygens (including phenoxy) is 3. The molecule has 3 aromatic carbocycles. The van der Waals surface area contributed by atoms with E-state index in [1.165, 1.54) is 7.11 Å². The molecule has 2 amide bonds. The fraction of sp³-hybridized carbons (Fsp3) is 0.154. The number of carbonyl (C=O) groups is 2. The number of rotatable bonds is 9. The van der Waals surface area contributed by atoms with E-state index in [0.717, 1.165) is 0 Å². The van der Waals surface area contributed by atoms with Gasteiger partial charge in [-0.05, 0) is 55.0 Å². The van der Waals surface area contributed by atoms with E-state index in [2.05, 4.69) is 10.6 Å². The molecule has 170 valence electrons. The van der Waals surface area contributed by atoms with E-state index in [1.54, 1.807) is 79.9 Å². The molecule has 0 aliphatic rings. The van der Waals surface area contributed by atoms with Crippen LogP contribution in [0.2, 0.25) is 0 Å². The molecule has 0 unspecified atom stereocenters. The first-order valence-electron chi connectivity index (χ1n) is 10.4. The molecular weight excluding hydrogens is 420 g/mol. The fourth-order valence-corrected chi connectivity index (χ4v) is 3.10. The number of carbonyl (C=O) groups excluding carboxylic acids is 2. The molecule has 0 radical (unpaired) electrons. The van der Waals surface area contributed by atoms with Gasteiger partial charge in [-0.25, -0.2) is 0 Å². The largest absolute Gasteiger partial charge is 0.495 e. The summed E-state index contributed by atoms with van der Waals surface area (Å²) in [6.45, 7) is 2.32. The van der Waals surface area contributed by atoms with Crippen LogP contribution in [0.4, 0.5) is 5.69 Å². The SMILES string of the molecule is CCOc1cc(C=C(NC(=O)c2ccccc2)C(=O)Nc2ccccc2OC)ccc1OC. The van der Waals surface area contributed by atoms with Crippen LogP contribution >= 0.6 is 0 Å². The Balaban J connectivity index is 1.96. The van der Waals surface area contributed by atoms with Crippen molar-refractivity contribution in [1.82, 2.24) is 5.32 Å². The van der Waals surface area contributed by atoms with E-state index in [0.29, 0.717) is 40.7 Å². The number of anilines is 1. The molecule has 0 spiro atoms. The number of methoxy groups -OCH3 is 2. The second kappa shape index (κ2) is 11.4. The molecule has 33 heavy (non-hydrogen) atoms. The normalized spacial score (nSPS) is 10.8. The highest BCUT2D eigenvalue weighted by molar-refractivity contribution is 6.11. The topological polar surface area (TPSA) is 85.9 Å². The van der Waals surface area contributed by atoms with E-state index in [1.807, 2.05) is 13.0 Å². The molecule has 3 aromatic rings. The maximum Gasteiger partial charge on any atom is 0.272 e. The molecule has 2 N–H and O–H groups in total. The standard InChI is InChI=1S/C26H26N2O5/c1-4-33-24-17-18(14-15-23(24)32-3)16-21(28-25(29)19-10-6-5-7-11-19)26(30)27-20-12-8-9-13-22(20)31-2/h5-17H,4H2,1-3H3,(H,27,30)(H,28,29). The van der Waals surface area contributed by atoms with Gasteiger partial charge in [0.25, 0.3) is 11.8 Å². The van der Waals surface area contributed by atoms with Crippen LogP contribution in [-0.2, 0) is 4.79 Å². The van der Waals surface area contributed by atoms with E-state index in [-0.39, 0.29) is 5.70 Å². The summed E-state index contributed by atoms with van der Waals surface area (Å²) in [6, 6.07) is 21.0. The highest BCUT2D eigenvalue weighted by Gasteiger charge is 2.17. The fourth-order valence-electron chi connectivity index (χ4n) is 3.10. The third kappa shape index (κ3) is 6.13. The van der Waals surface area contributed by atoms with Gasteiger partial charge in [0.2, 0.25) is 0 Å². The molecule has 0 fully saturated rings. The molecule has 0 atom stereocenters. The van der Waals surface area contributed by atoms with Crippen molar-refractivity contribution >= 4 is 23.6 Å². The van der Waals surface area contributed by atoms with Crippen molar-refractivity contribution in [1.29, 1.82) is 0 Å². The minimum atomic E-state index is -0.502. The van der Waals surface area contributed by atoms with E-state index < -0.39 is 11.8 Å². The molecule has 7 heteroatoms. The van der Waals surface area contributed by atoms with E-state index >= 15 is 0 Å². The first-order valence-corrected chi connectivity index (χ1v) is 10.4. The molecule has 0 aliphatic carbocycles. The van der Waals surface area contributed by atoms with Crippen molar-refractivity contribution in [2.75, 3.05) is 26.1 Å². The van der Waals surface area contributed by atoms with Gasteiger partial charge in [0.05, 0.1) is 26.5 Å². The maximum absolute atomic E-state index is 13.2. The van der Waals surface area contributed by atoms with Crippen LogP contribution in [0.3, 0.4) is 0 Å². The molecule has 0 aliphatic heterocycles. The summed E-state index contributed by atoms with van der Waals surface area (Å²) in [5.41, 5.74) is 1.62. The van der Waals surface area contributed by atoms with Crippen molar-refractivity contribution in [2.24, 2.45) is 0 Å². The van der Waals surface area contributed by atoms with Crippen molar-refractivity contribution in [3.05, 3.63) is 89.6 Å². The molecular formula is C26H26N2O5. The molecule has 3 rings (SSSR count). The lowest BCUT2D eigenvalue weighted by Crippen LogP contribution is -2.30. The van der Waals surface area contributed by atoms with Crippen LogP contribution in [0.25, 0.3) is 6.08 Å². The number of hydrogen-bond acceptors (Lipinski definition) is 5. The highest BCUT2D eigenvalue weighted by atomic mass is 16.5. The van der Waals surface area contributed by atoms with Crippen LogP contribution < -0.4 is 24.8 Å². The molecule has 0 saturated carbocycles. The van der Waals surface area contributed by atoms with Gasteiger partial charge < -0.3 is 24.8 Å². The minimum absolute atomic E-state index is 0.0578. The van der Waals surface area contributed by atoms with Crippen LogP contribution in [0.15, 0.2) is 78.5 Å². The zero-order valence-corrected chi connectivity index (χ0v) is 18.8. The second-order valence-electron chi connectivity index (χ2n) is 6.88. The number of amides is 2. The molecule has 0 aromatic heterocycles. The van der Waals surface area contributed by atoms with E-state index in [9.17, 15) is 9.59 Å². The highest BCUT2D eigenvalue weighted by Crippen LogP contribution is 2.29. The van der Waals surface area contributed by atoms with Gasteiger partial charge in [-0.2, -0.15) is 0 Å². The average Bonchev–Trinajstić information content (AvgIpc) is 2.85. The Morgan fingerprint density at radius 3 is 2.24 bits per heavy atom. The summed E-state index contributed by atoms with van der Waals surface area (Å²) >= 11 is 0. The predicted octanol–water partition coefficient (Wildman–Crippen LogP) is 4.51. The Labute approximate surface area is 193 Å². The van der Waals surface area contributed by atoms with Gasteiger partial charge in [0.1, 0.15) is 11.4 Å². The monoisotopic (exact) mass is 446 g/mol. The summed E-state index contributed by atoms with van der Waals surface area (Å²) in [5, 5.41) is 5.51. The summed E-state index contributed by atoms with van der Waals surface area (Å²) in [5.74, 6) is 0.700. The smallest absolute Gasteiger partial charge is 0.272 e. The lowest BCUT2D eigenvalue weighted by atomic mass is 10.1. The van der Waals surface area contributed by atoms with Crippen molar-refractivity contribution < 1.29 is 23.8 Å². The van der Waals surface area contributed by atoms with Gasteiger partial charge in [0.15, 0.2) is 11.5 Å². The summed E-state index contributed by atoms with van der Waals surface area (Å²) < 4.78 is 16.3. The average molecular weight is 447 g/mol. The second-order valence-corrected chi connectivity index (χ2v) is 6.88. The first kappa shape index (κ1) is 23.4. The molecule has 7 nitrogen and oxygen atoms in total. The lowest BCUT2D eigenvalue weighted by molar-refractivity contribution is -0.113. The molecule has 0 bridgehead atoms. The van der Waals surface area contributed by atoms with Crippen LogP contribution in [0.5, 0.6) is 17.2 Å². The van der Waals surface area contributed by atoms with Gasteiger partial charge in [-0.3, -0.25) is 9.59 Å². The predicted molar refractivity (Wildman–Crippen MR) is 128 cm³/mol. The van der Waals surface area contributed by atoms with Gasteiger partial charge >= 0.3 is 0 Å². The van der Waals surface area contributed by atoms with Crippen LogP contribution in [0, 0.1) is 0 Å². The number of hydrogen-bond donors (Lipinski definition) is 2. The van der Waals surface area contributed by atoms with Gasteiger partial charge in [-0.15, -0.1) is 0 Å². The zero-order valence-electron chi connectivity index (χ0n) is 18.8. The summed E-state index contributed by atoms with van der Waals surface area (Å²) in [6.07, 6.45) is 1.58. The Kier molecular flexibility index (Phi) is 8.07. The lowest BCUT2D eigenvalue weighted by Gasteiger charge is -2.14. The molecule has 0 heterocycles. The third-order valence-electron chi connectivity index (χ3n) is 4.68. The first-order chi connectivity index (χ1) is 16.0. The Morgan fingerprint density at radius 2 is 1.55 bits per heavy atom. The Hall–Kier alpha value is -4.26. The third-order valence-corrected chi connectivity index (χ3v) is 4.68. The summed E-state index contributed by atoms with van der Waals surface area (Å²) in [4.78, 5) is 26.0. The van der Waals surface area contributed by atoms with Crippen molar-refractivity contribution in [2.45, 2.75) is 6.92 Å². The minimum Gasteiger partial charge on any atom is -0.495 e. The van der Waals surface area contributed by atoms with Crippen molar-refractivity contribution in [3.63, 3.8) is 0 Å². The quantitative estimate of drug-likeness (QED) is 0.472. The van der Waals surface area contributed by atoms with Crippen LogP contribution in [-0.4, -0.2) is 32.6 Å². The molecule has 0 saturated heterocycles. The maximum atomic E-state index is 13.2. The zero-order chi connectivity index (χ0) is 23.6. The Bertz CT molecular complexity index is 1140. The number of para-hydroxylation sites is 2. The Morgan fingerprint density at radius 1 is 0.848 bits per heavy atom. The van der Waals surface area contributed by atoms with Crippen LogP contribution in [0.1, 0.15) is 22.8 Å². The van der Waals surface area contributed by atoms with Crippen molar-refractivity contribution in [3.8, 4) is 17.2 Å². The number of nitrogens with one attached hydrogen (secondary N) is 2. The summed E-state index contributed by atoms with van der Waals surface area (Å²) in [7, 11) is 3.07. The number of benzene rings is 3. The van der Waals surface area contributed by atoms with E-state index in [4.69, 9.17) is 14.2 Å². The van der Waals surface area contributed by atoms with Gasteiger partial charge in [0, 0.05) is 5.56 Å². The van der Waals surface area contributed by atoms with Gasteiger partial charge in [-0.1, -0.05) is 36.4 Å².